The Bertz CT molecular complexity index is 1130. The zero-order valence-corrected chi connectivity index (χ0v) is 16.9. The van der Waals surface area contributed by atoms with Crippen molar-refractivity contribution in [3.05, 3.63) is 53.4 Å². The molecule has 0 radical (unpaired) electrons. The van der Waals surface area contributed by atoms with E-state index in [1.807, 2.05) is 12.3 Å². The van der Waals surface area contributed by atoms with E-state index in [4.69, 9.17) is 0 Å². The minimum Gasteiger partial charge on any atom is -0.309 e. The van der Waals surface area contributed by atoms with Gasteiger partial charge in [-0.1, -0.05) is 16.6 Å². The first-order valence-electron chi connectivity index (χ1n) is 8.68. The fraction of sp³-hybridized carbons (Fsp3) is 0.211. The summed E-state index contributed by atoms with van der Waals surface area (Å²) in [5.41, 5.74) is 3.72. The number of aromatic nitrogens is 2. The number of carbonyl (C=O) groups excluding carboxylic acids is 1. The van der Waals surface area contributed by atoms with Crippen molar-refractivity contribution < 1.29 is 13.2 Å². The van der Waals surface area contributed by atoms with E-state index in [1.54, 1.807) is 41.3 Å². The average Bonchev–Trinajstić information content (AvgIpc) is 3.28. The Morgan fingerprint density at radius 1 is 1.21 bits per heavy atom. The molecule has 4 rings (SSSR count). The number of sulfonamides is 1. The Kier molecular flexibility index (Phi) is 4.64. The van der Waals surface area contributed by atoms with E-state index >= 15 is 0 Å². The van der Waals surface area contributed by atoms with E-state index in [0.717, 1.165) is 22.5 Å². The second-order valence-corrected chi connectivity index (χ2v) is 9.00. The van der Waals surface area contributed by atoms with Gasteiger partial charge < -0.3 is 4.90 Å². The average molecular weight is 415 g/mol. The van der Waals surface area contributed by atoms with Gasteiger partial charge in [-0.25, -0.2) is 8.42 Å². The third-order valence-corrected chi connectivity index (χ3v) is 6.59. The number of fused-ring (bicyclic) bond motifs is 1. The minimum atomic E-state index is -3.74. The highest BCUT2D eigenvalue weighted by Gasteiger charge is 2.30. The Labute approximate surface area is 167 Å². The summed E-state index contributed by atoms with van der Waals surface area (Å²) in [7, 11) is -3.74. The van der Waals surface area contributed by atoms with E-state index in [9.17, 15) is 13.2 Å². The highest BCUT2D eigenvalue weighted by atomic mass is 32.2. The van der Waals surface area contributed by atoms with Gasteiger partial charge >= 0.3 is 0 Å². The van der Waals surface area contributed by atoms with Crippen molar-refractivity contribution >= 4 is 38.8 Å². The fourth-order valence-corrected chi connectivity index (χ4v) is 5.04. The third-order valence-electron chi connectivity index (χ3n) is 4.71. The predicted octanol–water partition coefficient (Wildman–Crippen LogP) is 3.30. The molecule has 144 valence electrons. The maximum Gasteiger partial charge on any atom is 0.261 e. The largest absolute Gasteiger partial charge is 0.309 e. The van der Waals surface area contributed by atoms with Crippen LogP contribution in [0.25, 0.3) is 11.3 Å². The first kappa shape index (κ1) is 18.6. The van der Waals surface area contributed by atoms with Crippen molar-refractivity contribution in [3.63, 3.8) is 0 Å². The summed E-state index contributed by atoms with van der Waals surface area (Å²) in [5.74, 6) is -0.0459. The minimum absolute atomic E-state index is 0.0196. The first-order chi connectivity index (χ1) is 13.3. The number of hydrogen-bond acceptors (Lipinski definition) is 6. The van der Waals surface area contributed by atoms with Crippen LogP contribution in [0.3, 0.4) is 0 Å². The normalized spacial score (nSPS) is 16.1. The van der Waals surface area contributed by atoms with Gasteiger partial charge in [-0.15, -0.1) is 5.10 Å². The van der Waals surface area contributed by atoms with Gasteiger partial charge in [-0.05, 0) is 60.8 Å². The van der Waals surface area contributed by atoms with Gasteiger partial charge in [0.15, 0.2) is 0 Å². The fourth-order valence-electron chi connectivity index (χ4n) is 3.47. The van der Waals surface area contributed by atoms with Gasteiger partial charge in [0.05, 0.1) is 4.90 Å². The highest BCUT2D eigenvalue weighted by Crippen LogP contribution is 2.34. The van der Waals surface area contributed by atoms with E-state index in [-0.39, 0.29) is 16.8 Å². The molecule has 0 saturated carbocycles. The topological polar surface area (TPSA) is 92.3 Å². The van der Waals surface area contributed by atoms with Crippen molar-refractivity contribution in [2.45, 2.75) is 31.2 Å². The molecule has 0 spiro atoms. The van der Waals surface area contributed by atoms with Crippen molar-refractivity contribution in [3.8, 4) is 11.3 Å². The molecule has 2 heterocycles. The summed E-state index contributed by atoms with van der Waals surface area (Å²) in [4.78, 5) is 13.7. The third kappa shape index (κ3) is 3.38. The van der Waals surface area contributed by atoms with Crippen LogP contribution < -0.4 is 9.62 Å². The van der Waals surface area contributed by atoms with Crippen molar-refractivity contribution in [1.29, 1.82) is 0 Å². The molecule has 28 heavy (non-hydrogen) atoms. The lowest BCUT2D eigenvalue weighted by molar-refractivity contribution is -0.116. The lowest BCUT2D eigenvalue weighted by Crippen LogP contribution is -2.33. The Hall–Kier alpha value is -2.78. The lowest BCUT2D eigenvalue weighted by atomic mass is 10.1. The number of anilines is 2. The number of nitrogens with one attached hydrogen (secondary N) is 1. The summed E-state index contributed by atoms with van der Waals surface area (Å²) in [6.45, 7) is 3.47. The standard InChI is InChI=1S/C19H18N4O3S2/c1-12-9-15-10-17(7-8-19(15)23(12)13(2)24)28(25,26)21-16-5-3-14(4-6-16)18-11-27-22-20-18/h3-8,10-12,21H,9H2,1-2H3/t12-/m0/s1. The van der Waals surface area contributed by atoms with Gasteiger partial charge in [0, 0.05) is 35.3 Å². The smallest absolute Gasteiger partial charge is 0.261 e. The van der Waals surface area contributed by atoms with Crippen LogP contribution in [0, 0.1) is 0 Å². The van der Waals surface area contributed by atoms with Gasteiger partial charge in [0.1, 0.15) is 5.69 Å². The van der Waals surface area contributed by atoms with E-state index in [0.29, 0.717) is 12.1 Å². The van der Waals surface area contributed by atoms with Crippen LogP contribution in [0.5, 0.6) is 0 Å². The molecule has 0 bridgehead atoms. The maximum absolute atomic E-state index is 12.8. The number of hydrogen-bond donors (Lipinski definition) is 1. The molecule has 1 N–H and O–H groups in total. The lowest BCUT2D eigenvalue weighted by Gasteiger charge is -2.20. The summed E-state index contributed by atoms with van der Waals surface area (Å²) < 4.78 is 32.0. The van der Waals surface area contributed by atoms with Crippen molar-refractivity contribution in [2.75, 3.05) is 9.62 Å². The number of amides is 1. The molecule has 0 fully saturated rings. The van der Waals surface area contributed by atoms with E-state index < -0.39 is 10.0 Å². The molecule has 1 aliphatic rings. The number of nitrogens with zero attached hydrogens (tertiary/aromatic N) is 3. The van der Waals surface area contributed by atoms with Crippen LogP contribution in [0.15, 0.2) is 52.7 Å². The molecule has 9 heteroatoms. The number of rotatable bonds is 4. The molecule has 1 amide bonds. The van der Waals surface area contributed by atoms with E-state index in [1.165, 1.54) is 24.5 Å². The molecule has 1 atom stereocenters. The van der Waals surface area contributed by atoms with Gasteiger partial charge in [-0.2, -0.15) is 0 Å². The van der Waals surface area contributed by atoms with E-state index in [2.05, 4.69) is 14.3 Å². The second-order valence-electron chi connectivity index (χ2n) is 6.71. The SMILES string of the molecule is CC(=O)N1c2ccc(S(=O)(=O)Nc3ccc(-c4csnn4)cc3)cc2C[C@@H]1C. The van der Waals surface area contributed by atoms with Crippen molar-refractivity contribution in [2.24, 2.45) is 0 Å². The summed E-state index contributed by atoms with van der Waals surface area (Å²) >= 11 is 1.26. The summed E-state index contributed by atoms with van der Waals surface area (Å²) in [6, 6.07) is 11.9. The van der Waals surface area contributed by atoms with Gasteiger partial charge in [-0.3, -0.25) is 9.52 Å². The van der Waals surface area contributed by atoms with Crippen LogP contribution in [0.1, 0.15) is 19.4 Å². The molecule has 7 nitrogen and oxygen atoms in total. The van der Waals surface area contributed by atoms with Crippen LogP contribution in [0.4, 0.5) is 11.4 Å². The van der Waals surface area contributed by atoms with Crippen LogP contribution in [0.2, 0.25) is 0 Å². The van der Waals surface area contributed by atoms with Gasteiger partial charge in [0.2, 0.25) is 5.91 Å². The molecular weight excluding hydrogens is 396 g/mol. The zero-order chi connectivity index (χ0) is 19.9. The Morgan fingerprint density at radius 3 is 2.61 bits per heavy atom. The molecule has 1 aliphatic heterocycles. The number of carbonyl (C=O) groups is 1. The number of benzene rings is 2. The molecule has 0 aliphatic carbocycles. The predicted molar refractivity (Wildman–Crippen MR) is 109 cm³/mol. The summed E-state index contributed by atoms with van der Waals surface area (Å²) in [5, 5.41) is 5.83. The quantitative estimate of drug-likeness (QED) is 0.707. The molecule has 2 aromatic carbocycles. The monoisotopic (exact) mass is 414 g/mol. The Balaban J connectivity index is 1.58. The van der Waals surface area contributed by atoms with Crippen LogP contribution >= 0.6 is 11.5 Å². The first-order valence-corrected chi connectivity index (χ1v) is 11.0. The molecule has 3 aromatic rings. The Morgan fingerprint density at radius 2 is 1.96 bits per heavy atom. The molecule has 0 saturated heterocycles. The molecule has 0 unspecified atom stereocenters. The molecule has 1 aromatic heterocycles. The second kappa shape index (κ2) is 6.99. The molecular formula is C19H18N4O3S2. The highest BCUT2D eigenvalue weighted by molar-refractivity contribution is 7.92. The van der Waals surface area contributed by atoms with Crippen LogP contribution in [-0.4, -0.2) is 30.0 Å². The van der Waals surface area contributed by atoms with Gasteiger partial charge in [0.25, 0.3) is 10.0 Å². The summed E-state index contributed by atoms with van der Waals surface area (Å²) in [6.07, 6.45) is 0.634. The van der Waals surface area contributed by atoms with Crippen molar-refractivity contribution in [1.82, 2.24) is 9.59 Å². The maximum atomic E-state index is 12.8. The zero-order valence-electron chi connectivity index (χ0n) is 15.3. The van der Waals surface area contributed by atoms with Crippen LogP contribution in [-0.2, 0) is 21.2 Å².